The molecule has 0 heterocycles. The summed E-state index contributed by atoms with van der Waals surface area (Å²) >= 11 is 6.22. The largest absolute Gasteiger partial charge is 0.312 e. The number of rotatable bonds is 3. The van der Waals surface area contributed by atoms with Crippen molar-refractivity contribution < 1.29 is 0 Å². The maximum Gasteiger partial charge on any atom is 0.0408 e. The first-order valence-corrected chi connectivity index (χ1v) is 8.55. The molecule has 2 rings (SSSR count). The zero-order valence-corrected chi connectivity index (χ0v) is 14.9. The van der Waals surface area contributed by atoms with Crippen LogP contribution >= 0.6 is 11.6 Å². The van der Waals surface area contributed by atoms with Gasteiger partial charge in [-0.1, -0.05) is 37.6 Å². The topological polar surface area (TPSA) is 12.0 Å². The summed E-state index contributed by atoms with van der Waals surface area (Å²) in [6.07, 6.45) is 3.87. The zero-order chi connectivity index (χ0) is 15.7. The highest BCUT2D eigenvalue weighted by molar-refractivity contribution is 6.30. The van der Waals surface area contributed by atoms with E-state index in [2.05, 4.69) is 58.1 Å². The molecule has 2 unspecified atom stereocenters. The van der Waals surface area contributed by atoms with Gasteiger partial charge in [-0.3, -0.25) is 0 Å². The predicted molar refractivity (Wildman–Crippen MR) is 93.1 cm³/mol. The van der Waals surface area contributed by atoms with Crippen molar-refractivity contribution in [2.45, 2.75) is 65.3 Å². The normalized spacial score (nSPS) is 25.8. The van der Waals surface area contributed by atoms with Gasteiger partial charge in [-0.15, -0.1) is 0 Å². The number of benzene rings is 1. The fourth-order valence-corrected chi connectivity index (χ4v) is 3.65. The van der Waals surface area contributed by atoms with E-state index < -0.39 is 0 Å². The molecular formula is C19H30ClN. The summed E-state index contributed by atoms with van der Waals surface area (Å²) in [5.41, 5.74) is 2.04. The summed E-state index contributed by atoms with van der Waals surface area (Å²) in [5, 5.41) is 4.56. The van der Waals surface area contributed by atoms with Gasteiger partial charge in [0.25, 0.3) is 0 Å². The smallest absolute Gasteiger partial charge is 0.0408 e. The van der Waals surface area contributed by atoms with Crippen LogP contribution in [0.25, 0.3) is 0 Å². The summed E-state index contributed by atoms with van der Waals surface area (Å²) in [4.78, 5) is 0. The Morgan fingerprint density at radius 3 is 2.62 bits per heavy atom. The lowest BCUT2D eigenvalue weighted by molar-refractivity contribution is 0.154. The molecule has 1 N–H and O–H groups in total. The first-order valence-electron chi connectivity index (χ1n) is 8.17. The lowest BCUT2D eigenvalue weighted by atomic mass is 9.65. The second kappa shape index (κ2) is 6.30. The van der Waals surface area contributed by atoms with Gasteiger partial charge in [-0.2, -0.15) is 0 Å². The Labute approximate surface area is 135 Å². The molecule has 0 amide bonds. The van der Waals surface area contributed by atoms with E-state index in [-0.39, 0.29) is 5.54 Å². The molecule has 1 aliphatic rings. The summed E-state index contributed by atoms with van der Waals surface area (Å²) in [6, 6.07) is 8.48. The third kappa shape index (κ3) is 5.00. The second-order valence-electron chi connectivity index (χ2n) is 8.46. The molecule has 21 heavy (non-hydrogen) atoms. The Balaban J connectivity index is 2.18. The van der Waals surface area contributed by atoms with E-state index in [0.29, 0.717) is 17.3 Å². The summed E-state index contributed by atoms with van der Waals surface area (Å²) < 4.78 is 0. The molecule has 0 radical (unpaired) electrons. The monoisotopic (exact) mass is 307 g/mol. The highest BCUT2D eigenvalue weighted by atomic mass is 35.5. The SMILES string of the molecule is CC1(C)CCC(CNC(C)(C)C)C(c2cccc(Cl)c2)C1. The van der Waals surface area contributed by atoms with E-state index in [1.165, 1.54) is 24.8 Å². The Hall–Kier alpha value is -0.530. The predicted octanol–water partition coefficient (Wildman–Crippen LogP) is 5.64. The lowest BCUT2D eigenvalue weighted by Gasteiger charge is -2.42. The van der Waals surface area contributed by atoms with Gasteiger partial charge in [0.2, 0.25) is 0 Å². The van der Waals surface area contributed by atoms with Crippen LogP contribution in [-0.2, 0) is 0 Å². The van der Waals surface area contributed by atoms with Gasteiger partial charge in [0.1, 0.15) is 0 Å². The van der Waals surface area contributed by atoms with E-state index in [1.54, 1.807) is 0 Å². The average molecular weight is 308 g/mol. The summed E-state index contributed by atoms with van der Waals surface area (Å²) in [6.45, 7) is 12.6. The van der Waals surface area contributed by atoms with Gasteiger partial charge in [0, 0.05) is 10.6 Å². The fraction of sp³-hybridized carbons (Fsp3) is 0.684. The molecule has 1 saturated carbocycles. The Bertz CT molecular complexity index is 473. The molecule has 1 aromatic carbocycles. The highest BCUT2D eigenvalue weighted by Crippen LogP contribution is 2.46. The molecule has 1 fully saturated rings. The summed E-state index contributed by atoms with van der Waals surface area (Å²) in [5.74, 6) is 1.32. The molecule has 1 aliphatic carbocycles. The van der Waals surface area contributed by atoms with Crippen LogP contribution in [0.4, 0.5) is 0 Å². The minimum atomic E-state index is 0.186. The maximum atomic E-state index is 6.22. The van der Waals surface area contributed by atoms with Crippen LogP contribution in [0.2, 0.25) is 5.02 Å². The Kier molecular flexibility index (Phi) is 5.05. The van der Waals surface area contributed by atoms with Crippen LogP contribution in [0.1, 0.15) is 65.4 Å². The van der Waals surface area contributed by atoms with Crippen molar-refractivity contribution in [1.29, 1.82) is 0 Å². The van der Waals surface area contributed by atoms with Crippen molar-refractivity contribution in [2.24, 2.45) is 11.3 Å². The van der Waals surface area contributed by atoms with Crippen LogP contribution in [0.3, 0.4) is 0 Å². The van der Waals surface area contributed by atoms with Crippen LogP contribution in [-0.4, -0.2) is 12.1 Å². The first-order chi connectivity index (χ1) is 9.66. The van der Waals surface area contributed by atoms with Gasteiger partial charge in [0.15, 0.2) is 0 Å². The first kappa shape index (κ1) is 16.8. The van der Waals surface area contributed by atoms with Crippen molar-refractivity contribution in [3.63, 3.8) is 0 Å². The molecule has 1 nitrogen and oxygen atoms in total. The van der Waals surface area contributed by atoms with Gasteiger partial charge in [-0.05, 0) is 81.5 Å². The molecule has 2 heteroatoms. The molecule has 0 spiro atoms. The Morgan fingerprint density at radius 2 is 2.00 bits per heavy atom. The zero-order valence-electron chi connectivity index (χ0n) is 14.2. The van der Waals surface area contributed by atoms with Crippen LogP contribution in [0.15, 0.2) is 24.3 Å². The lowest BCUT2D eigenvalue weighted by Crippen LogP contribution is -2.42. The van der Waals surface area contributed by atoms with Crippen molar-refractivity contribution in [1.82, 2.24) is 5.32 Å². The Morgan fingerprint density at radius 1 is 1.29 bits per heavy atom. The summed E-state index contributed by atoms with van der Waals surface area (Å²) in [7, 11) is 0. The minimum Gasteiger partial charge on any atom is -0.312 e. The van der Waals surface area contributed by atoms with Gasteiger partial charge in [-0.25, -0.2) is 0 Å². The van der Waals surface area contributed by atoms with Crippen LogP contribution < -0.4 is 5.32 Å². The van der Waals surface area contributed by atoms with Crippen LogP contribution in [0.5, 0.6) is 0 Å². The molecule has 118 valence electrons. The standard InChI is InChI=1S/C19H30ClN/c1-18(2,3)21-13-15-9-10-19(4,5)12-17(15)14-7-6-8-16(20)11-14/h6-8,11,15,17,21H,9-10,12-13H2,1-5H3. The average Bonchev–Trinajstić information content (AvgIpc) is 2.35. The quantitative estimate of drug-likeness (QED) is 0.762. The number of hydrogen-bond donors (Lipinski definition) is 1. The molecule has 0 saturated heterocycles. The fourth-order valence-electron chi connectivity index (χ4n) is 3.45. The van der Waals surface area contributed by atoms with Crippen LogP contribution in [0, 0.1) is 11.3 Å². The molecule has 2 atom stereocenters. The van der Waals surface area contributed by atoms with E-state index >= 15 is 0 Å². The van der Waals surface area contributed by atoms with Gasteiger partial charge < -0.3 is 5.32 Å². The van der Waals surface area contributed by atoms with Crippen molar-refractivity contribution >= 4 is 11.6 Å². The number of nitrogens with one attached hydrogen (secondary N) is 1. The second-order valence-corrected chi connectivity index (χ2v) is 8.90. The van der Waals surface area contributed by atoms with E-state index in [0.717, 1.165) is 11.6 Å². The third-order valence-corrected chi connectivity index (χ3v) is 4.94. The maximum absolute atomic E-state index is 6.22. The van der Waals surface area contributed by atoms with Crippen molar-refractivity contribution in [2.75, 3.05) is 6.54 Å². The third-order valence-electron chi connectivity index (χ3n) is 4.70. The van der Waals surface area contributed by atoms with Gasteiger partial charge in [0.05, 0.1) is 0 Å². The molecule has 1 aromatic rings. The molecule has 0 bridgehead atoms. The molecule has 0 aliphatic heterocycles. The van der Waals surface area contributed by atoms with Gasteiger partial charge >= 0.3 is 0 Å². The molecule has 0 aromatic heterocycles. The van der Waals surface area contributed by atoms with E-state index in [4.69, 9.17) is 11.6 Å². The minimum absolute atomic E-state index is 0.186. The van der Waals surface area contributed by atoms with Crippen molar-refractivity contribution in [3.05, 3.63) is 34.9 Å². The number of halogens is 1. The van der Waals surface area contributed by atoms with Crippen molar-refractivity contribution in [3.8, 4) is 0 Å². The highest BCUT2D eigenvalue weighted by Gasteiger charge is 2.35. The van der Waals surface area contributed by atoms with E-state index in [1.807, 2.05) is 6.07 Å². The molecular weight excluding hydrogens is 278 g/mol. The number of hydrogen-bond acceptors (Lipinski definition) is 1. The van der Waals surface area contributed by atoms with E-state index in [9.17, 15) is 0 Å².